The van der Waals surface area contributed by atoms with E-state index in [4.69, 9.17) is 5.73 Å². The van der Waals surface area contributed by atoms with Crippen molar-refractivity contribution in [2.24, 2.45) is 5.73 Å². The van der Waals surface area contributed by atoms with Crippen molar-refractivity contribution < 1.29 is 9.90 Å². The van der Waals surface area contributed by atoms with Gasteiger partial charge < -0.3 is 16.2 Å². The van der Waals surface area contributed by atoms with E-state index in [1.165, 1.54) is 0 Å². The van der Waals surface area contributed by atoms with Crippen molar-refractivity contribution in [2.45, 2.75) is 6.42 Å². The van der Waals surface area contributed by atoms with E-state index in [9.17, 15) is 9.90 Å². The van der Waals surface area contributed by atoms with Crippen LogP contribution >= 0.6 is 0 Å². The lowest BCUT2D eigenvalue weighted by molar-refractivity contribution is -0.115. The summed E-state index contributed by atoms with van der Waals surface area (Å²) in [5.74, 6) is 5.98. The number of carbonyl (C=O) groups excluding carboxylic acids is 1. The summed E-state index contributed by atoms with van der Waals surface area (Å²) in [4.78, 5) is 16.0. The minimum atomic E-state index is -0.211. The molecule has 1 heterocycles. The number of phenolic OH excluding ortho intramolecular Hbond substituents is 1. The van der Waals surface area contributed by atoms with Crippen LogP contribution in [0.1, 0.15) is 11.1 Å². The zero-order valence-electron chi connectivity index (χ0n) is 11.3. The zero-order chi connectivity index (χ0) is 15.1. The summed E-state index contributed by atoms with van der Waals surface area (Å²) < 4.78 is 0. The molecule has 0 saturated heterocycles. The van der Waals surface area contributed by atoms with Gasteiger partial charge in [0.15, 0.2) is 0 Å². The van der Waals surface area contributed by atoms with Gasteiger partial charge >= 0.3 is 0 Å². The van der Waals surface area contributed by atoms with Gasteiger partial charge in [-0.05, 0) is 29.8 Å². The van der Waals surface area contributed by atoms with Crippen LogP contribution in [0.15, 0.2) is 42.6 Å². The summed E-state index contributed by atoms with van der Waals surface area (Å²) in [7, 11) is 0. The number of pyridine rings is 1. The molecule has 1 amide bonds. The lowest BCUT2D eigenvalue weighted by Gasteiger charge is -2.05. The molecule has 0 bridgehead atoms. The molecule has 2 aromatic rings. The van der Waals surface area contributed by atoms with Crippen LogP contribution in [-0.4, -0.2) is 22.5 Å². The monoisotopic (exact) mass is 281 g/mol. The number of aromatic hydroxyl groups is 1. The Morgan fingerprint density at radius 2 is 2.19 bits per heavy atom. The number of carbonyl (C=O) groups is 1. The second-order valence-corrected chi connectivity index (χ2v) is 4.33. The van der Waals surface area contributed by atoms with E-state index in [0.29, 0.717) is 5.82 Å². The van der Waals surface area contributed by atoms with Crippen LogP contribution in [0.2, 0.25) is 0 Å². The summed E-state index contributed by atoms with van der Waals surface area (Å²) in [5, 5.41) is 12.1. The molecule has 4 N–H and O–H groups in total. The van der Waals surface area contributed by atoms with E-state index in [0.717, 1.165) is 11.1 Å². The zero-order valence-corrected chi connectivity index (χ0v) is 11.3. The number of nitrogens with one attached hydrogen (secondary N) is 1. The number of anilines is 1. The van der Waals surface area contributed by atoms with Crippen LogP contribution < -0.4 is 11.1 Å². The fourth-order valence-corrected chi connectivity index (χ4v) is 1.77. The highest BCUT2D eigenvalue weighted by molar-refractivity contribution is 5.91. The Kier molecular flexibility index (Phi) is 4.91. The Morgan fingerprint density at radius 3 is 2.95 bits per heavy atom. The second-order valence-electron chi connectivity index (χ2n) is 4.33. The molecular formula is C16H15N3O2. The van der Waals surface area contributed by atoms with Crippen LogP contribution in [0, 0.1) is 11.8 Å². The molecule has 0 fully saturated rings. The minimum absolute atomic E-state index is 0.137. The molecule has 0 aliphatic heterocycles. The van der Waals surface area contributed by atoms with E-state index in [1.807, 2.05) is 0 Å². The first-order valence-corrected chi connectivity index (χ1v) is 6.40. The number of phenols is 1. The Labute approximate surface area is 122 Å². The smallest absolute Gasteiger partial charge is 0.229 e. The largest absolute Gasteiger partial charge is 0.508 e. The summed E-state index contributed by atoms with van der Waals surface area (Å²) in [6, 6.07) is 10.0. The van der Waals surface area contributed by atoms with Gasteiger partial charge in [0.2, 0.25) is 5.91 Å². The number of hydrogen-bond donors (Lipinski definition) is 3. The molecule has 0 saturated carbocycles. The number of amides is 1. The summed E-state index contributed by atoms with van der Waals surface area (Å²) >= 11 is 0. The van der Waals surface area contributed by atoms with E-state index in [2.05, 4.69) is 22.1 Å². The highest BCUT2D eigenvalue weighted by atomic mass is 16.3. The molecule has 21 heavy (non-hydrogen) atoms. The molecule has 5 heteroatoms. The van der Waals surface area contributed by atoms with Gasteiger partial charge in [-0.25, -0.2) is 4.98 Å². The number of hydrogen-bond acceptors (Lipinski definition) is 4. The van der Waals surface area contributed by atoms with Gasteiger partial charge in [0.1, 0.15) is 11.6 Å². The molecule has 0 unspecified atom stereocenters. The van der Waals surface area contributed by atoms with Crippen molar-refractivity contribution in [2.75, 3.05) is 11.9 Å². The van der Waals surface area contributed by atoms with E-state index >= 15 is 0 Å². The van der Waals surface area contributed by atoms with Crippen LogP contribution in [0.4, 0.5) is 5.82 Å². The summed E-state index contributed by atoms with van der Waals surface area (Å²) in [6.45, 7) is 0.279. The fraction of sp³-hybridized carbons (Fsp3) is 0.125. The third kappa shape index (κ3) is 4.64. The maximum absolute atomic E-state index is 11.9. The molecule has 0 aliphatic rings. The van der Waals surface area contributed by atoms with Crippen molar-refractivity contribution in [3.63, 3.8) is 0 Å². The quantitative estimate of drug-likeness (QED) is 0.739. The predicted molar refractivity (Wildman–Crippen MR) is 80.6 cm³/mol. The van der Waals surface area contributed by atoms with E-state index in [1.54, 1.807) is 42.6 Å². The van der Waals surface area contributed by atoms with Gasteiger partial charge in [-0.15, -0.1) is 0 Å². The minimum Gasteiger partial charge on any atom is -0.508 e. The molecule has 1 aromatic heterocycles. The first kappa shape index (κ1) is 14.6. The van der Waals surface area contributed by atoms with Crippen LogP contribution in [0.25, 0.3) is 0 Å². The van der Waals surface area contributed by atoms with Crippen molar-refractivity contribution >= 4 is 11.7 Å². The number of nitrogens with zero attached hydrogens (tertiary/aromatic N) is 1. The molecule has 0 aliphatic carbocycles. The number of nitrogens with two attached hydrogens (primary N) is 1. The van der Waals surface area contributed by atoms with Crippen LogP contribution in [-0.2, 0) is 11.2 Å². The first-order valence-electron chi connectivity index (χ1n) is 6.40. The second kappa shape index (κ2) is 7.08. The Bertz CT molecular complexity index is 702. The molecular weight excluding hydrogens is 266 g/mol. The normalized spacial score (nSPS) is 9.57. The molecule has 0 atom stereocenters. The molecule has 106 valence electrons. The summed E-state index contributed by atoms with van der Waals surface area (Å²) in [6.07, 6.45) is 1.74. The van der Waals surface area contributed by atoms with Gasteiger partial charge in [0.25, 0.3) is 0 Å². The molecule has 2 rings (SSSR count). The maximum atomic E-state index is 11.9. The van der Waals surface area contributed by atoms with Crippen molar-refractivity contribution in [1.29, 1.82) is 0 Å². The Balaban J connectivity index is 2.02. The van der Waals surface area contributed by atoms with Crippen molar-refractivity contribution in [3.05, 3.63) is 53.7 Å². The fourth-order valence-electron chi connectivity index (χ4n) is 1.77. The van der Waals surface area contributed by atoms with Gasteiger partial charge in [-0.2, -0.15) is 0 Å². The van der Waals surface area contributed by atoms with E-state index < -0.39 is 0 Å². The molecule has 5 nitrogen and oxygen atoms in total. The third-order valence-electron chi connectivity index (χ3n) is 2.64. The first-order chi connectivity index (χ1) is 10.2. The van der Waals surface area contributed by atoms with Gasteiger partial charge in [0, 0.05) is 11.8 Å². The third-order valence-corrected chi connectivity index (χ3v) is 2.64. The average molecular weight is 281 g/mol. The number of benzene rings is 1. The van der Waals surface area contributed by atoms with Crippen LogP contribution in [0.3, 0.4) is 0 Å². The van der Waals surface area contributed by atoms with Gasteiger partial charge in [-0.3, -0.25) is 4.79 Å². The molecule has 1 aromatic carbocycles. The van der Waals surface area contributed by atoms with Gasteiger partial charge in [-0.1, -0.05) is 24.0 Å². The Hall–Kier alpha value is -2.84. The number of aromatic nitrogens is 1. The predicted octanol–water partition coefficient (Wildman–Crippen LogP) is 1.28. The van der Waals surface area contributed by atoms with Gasteiger partial charge in [0.05, 0.1) is 13.0 Å². The SMILES string of the molecule is NCC#Cc1ccnc(NC(=O)Cc2cccc(O)c2)c1. The standard InChI is InChI=1S/C16H15N3O2/c17-7-2-4-12-6-8-18-15(10-12)19-16(21)11-13-3-1-5-14(20)9-13/h1,3,5-6,8-10,20H,7,11,17H2,(H,18,19,21). The Morgan fingerprint density at radius 1 is 1.33 bits per heavy atom. The highest BCUT2D eigenvalue weighted by Gasteiger charge is 2.05. The number of rotatable bonds is 3. The molecule has 0 spiro atoms. The highest BCUT2D eigenvalue weighted by Crippen LogP contribution is 2.12. The average Bonchev–Trinajstić information content (AvgIpc) is 2.45. The lowest BCUT2D eigenvalue weighted by atomic mass is 10.1. The van der Waals surface area contributed by atoms with E-state index in [-0.39, 0.29) is 24.6 Å². The molecule has 0 radical (unpaired) electrons. The van der Waals surface area contributed by atoms with Crippen molar-refractivity contribution in [3.8, 4) is 17.6 Å². The summed E-state index contributed by atoms with van der Waals surface area (Å²) in [5.41, 5.74) is 6.78. The maximum Gasteiger partial charge on any atom is 0.229 e. The topological polar surface area (TPSA) is 88.2 Å². The van der Waals surface area contributed by atoms with Crippen molar-refractivity contribution in [1.82, 2.24) is 4.98 Å². The van der Waals surface area contributed by atoms with Crippen LogP contribution in [0.5, 0.6) is 5.75 Å². The lowest BCUT2D eigenvalue weighted by Crippen LogP contribution is -2.15.